The maximum absolute atomic E-state index is 12.7. The average Bonchev–Trinajstić information content (AvgIpc) is 3.51. The van der Waals surface area contributed by atoms with E-state index in [4.69, 9.17) is 9.47 Å². The maximum Gasteiger partial charge on any atom is 0.238 e. The van der Waals surface area contributed by atoms with E-state index in [1.165, 1.54) is 18.4 Å². The van der Waals surface area contributed by atoms with Crippen LogP contribution < -0.4 is 14.8 Å². The summed E-state index contributed by atoms with van der Waals surface area (Å²) in [5.74, 6) is 1.93. The van der Waals surface area contributed by atoms with Gasteiger partial charge in [-0.25, -0.2) is 0 Å². The summed E-state index contributed by atoms with van der Waals surface area (Å²) in [5.41, 5.74) is 1.94. The second-order valence-corrected chi connectivity index (χ2v) is 7.08. The van der Waals surface area contributed by atoms with E-state index in [2.05, 4.69) is 29.3 Å². The van der Waals surface area contributed by atoms with Crippen molar-refractivity contribution in [3.63, 3.8) is 0 Å². The molecule has 2 aromatic rings. The first-order chi connectivity index (χ1) is 13.1. The van der Waals surface area contributed by atoms with E-state index in [1.807, 2.05) is 24.3 Å². The number of hydrogen-bond donors (Lipinski definition) is 1. The molecule has 144 valence electrons. The molecule has 1 atom stereocenters. The van der Waals surface area contributed by atoms with Gasteiger partial charge in [-0.3, -0.25) is 9.69 Å². The van der Waals surface area contributed by atoms with Gasteiger partial charge in [0.2, 0.25) is 5.91 Å². The standard InChI is InChI=1S/C22H28N2O3/c1-16(18-7-5-4-6-8-18)24(14-17-9-10-17)15-22(25)23-19-11-12-20(26-2)21(13-19)27-3/h4-8,11-13,16-17H,9-10,14-15H2,1-3H3,(H,23,25). The fourth-order valence-electron chi connectivity index (χ4n) is 3.23. The highest BCUT2D eigenvalue weighted by atomic mass is 16.5. The molecule has 1 N–H and O–H groups in total. The minimum atomic E-state index is -0.0225. The number of carbonyl (C=O) groups excluding carboxylic acids is 1. The topological polar surface area (TPSA) is 50.8 Å². The van der Waals surface area contributed by atoms with Gasteiger partial charge < -0.3 is 14.8 Å². The highest BCUT2D eigenvalue weighted by Gasteiger charge is 2.28. The first-order valence-electron chi connectivity index (χ1n) is 9.41. The van der Waals surface area contributed by atoms with Crippen LogP contribution in [0, 0.1) is 5.92 Å². The number of amides is 1. The van der Waals surface area contributed by atoms with E-state index in [1.54, 1.807) is 26.4 Å². The quantitative estimate of drug-likeness (QED) is 0.723. The third-order valence-corrected chi connectivity index (χ3v) is 5.03. The second-order valence-electron chi connectivity index (χ2n) is 7.08. The Labute approximate surface area is 161 Å². The van der Waals surface area contributed by atoms with Gasteiger partial charge in [-0.2, -0.15) is 0 Å². The molecule has 0 saturated heterocycles. The normalized spacial score (nSPS) is 14.7. The summed E-state index contributed by atoms with van der Waals surface area (Å²) in [6.07, 6.45) is 2.52. The molecular formula is C22H28N2O3. The number of carbonyl (C=O) groups is 1. The summed E-state index contributed by atoms with van der Waals surface area (Å²) in [6.45, 7) is 3.48. The zero-order chi connectivity index (χ0) is 19.2. The number of nitrogens with zero attached hydrogens (tertiary/aromatic N) is 1. The molecule has 1 unspecified atom stereocenters. The molecule has 0 spiro atoms. The van der Waals surface area contributed by atoms with Gasteiger partial charge in [-0.05, 0) is 43.4 Å². The lowest BCUT2D eigenvalue weighted by molar-refractivity contribution is -0.117. The van der Waals surface area contributed by atoms with E-state index in [9.17, 15) is 4.79 Å². The van der Waals surface area contributed by atoms with Crippen molar-refractivity contribution >= 4 is 11.6 Å². The molecule has 1 aliphatic rings. The van der Waals surface area contributed by atoms with Crippen molar-refractivity contribution in [1.29, 1.82) is 0 Å². The molecule has 1 aliphatic carbocycles. The molecule has 2 aromatic carbocycles. The molecule has 27 heavy (non-hydrogen) atoms. The lowest BCUT2D eigenvalue weighted by Crippen LogP contribution is -2.36. The SMILES string of the molecule is COc1ccc(NC(=O)CN(CC2CC2)C(C)c2ccccc2)cc1OC. The molecule has 0 heterocycles. The van der Waals surface area contributed by atoms with Gasteiger partial charge in [0.25, 0.3) is 0 Å². The predicted octanol–water partition coefficient (Wildman–Crippen LogP) is 4.12. The summed E-state index contributed by atoms with van der Waals surface area (Å²) in [6, 6.07) is 16.0. The van der Waals surface area contributed by atoms with Crippen molar-refractivity contribution in [2.75, 3.05) is 32.6 Å². The van der Waals surface area contributed by atoms with E-state index in [0.717, 1.165) is 6.54 Å². The summed E-state index contributed by atoms with van der Waals surface area (Å²) in [4.78, 5) is 15.0. The van der Waals surface area contributed by atoms with Crippen molar-refractivity contribution in [2.24, 2.45) is 5.92 Å². The Morgan fingerprint density at radius 3 is 2.44 bits per heavy atom. The fourth-order valence-corrected chi connectivity index (χ4v) is 3.23. The van der Waals surface area contributed by atoms with Crippen LogP contribution in [0.25, 0.3) is 0 Å². The average molecular weight is 368 g/mol. The minimum absolute atomic E-state index is 0.0225. The third-order valence-electron chi connectivity index (χ3n) is 5.03. The Morgan fingerprint density at radius 1 is 1.11 bits per heavy atom. The van der Waals surface area contributed by atoms with Crippen LogP contribution in [0.3, 0.4) is 0 Å². The van der Waals surface area contributed by atoms with Crippen LogP contribution in [-0.2, 0) is 4.79 Å². The van der Waals surface area contributed by atoms with Gasteiger partial charge in [0.1, 0.15) is 0 Å². The summed E-state index contributed by atoms with van der Waals surface area (Å²) < 4.78 is 10.6. The first kappa shape index (κ1) is 19.2. The molecule has 5 heteroatoms. The Balaban J connectivity index is 1.67. The number of rotatable bonds is 9. The van der Waals surface area contributed by atoms with Gasteiger partial charge in [0.15, 0.2) is 11.5 Å². The molecule has 1 saturated carbocycles. The summed E-state index contributed by atoms with van der Waals surface area (Å²) in [7, 11) is 3.18. The van der Waals surface area contributed by atoms with Crippen LogP contribution in [0.15, 0.2) is 48.5 Å². The van der Waals surface area contributed by atoms with Crippen LogP contribution in [-0.4, -0.2) is 38.1 Å². The van der Waals surface area contributed by atoms with Gasteiger partial charge in [-0.1, -0.05) is 30.3 Å². The zero-order valence-electron chi connectivity index (χ0n) is 16.3. The highest BCUT2D eigenvalue weighted by Crippen LogP contribution is 2.33. The van der Waals surface area contributed by atoms with Crippen molar-refractivity contribution in [1.82, 2.24) is 4.90 Å². The lowest BCUT2D eigenvalue weighted by Gasteiger charge is -2.29. The van der Waals surface area contributed by atoms with Gasteiger partial charge in [0, 0.05) is 24.3 Å². The predicted molar refractivity (Wildman–Crippen MR) is 107 cm³/mol. The molecule has 5 nitrogen and oxygen atoms in total. The minimum Gasteiger partial charge on any atom is -0.493 e. The molecule has 0 aromatic heterocycles. The Bertz CT molecular complexity index is 759. The van der Waals surface area contributed by atoms with Crippen molar-refractivity contribution < 1.29 is 14.3 Å². The van der Waals surface area contributed by atoms with Crippen LogP contribution in [0.4, 0.5) is 5.69 Å². The number of nitrogens with one attached hydrogen (secondary N) is 1. The van der Waals surface area contributed by atoms with E-state index < -0.39 is 0 Å². The number of anilines is 1. The molecule has 0 bridgehead atoms. The Morgan fingerprint density at radius 2 is 1.81 bits per heavy atom. The highest BCUT2D eigenvalue weighted by molar-refractivity contribution is 5.92. The molecular weight excluding hydrogens is 340 g/mol. The van der Waals surface area contributed by atoms with E-state index in [0.29, 0.717) is 29.6 Å². The lowest BCUT2D eigenvalue weighted by atomic mass is 10.1. The van der Waals surface area contributed by atoms with Crippen LogP contribution in [0.1, 0.15) is 31.4 Å². The van der Waals surface area contributed by atoms with Gasteiger partial charge in [0.05, 0.1) is 20.8 Å². The molecule has 1 amide bonds. The Hall–Kier alpha value is -2.53. The van der Waals surface area contributed by atoms with Crippen molar-refractivity contribution in [3.8, 4) is 11.5 Å². The van der Waals surface area contributed by atoms with E-state index in [-0.39, 0.29) is 11.9 Å². The first-order valence-corrected chi connectivity index (χ1v) is 9.41. The number of benzene rings is 2. The Kier molecular flexibility index (Phi) is 6.35. The molecule has 0 aliphatic heterocycles. The third kappa shape index (κ3) is 5.23. The van der Waals surface area contributed by atoms with Crippen LogP contribution in [0.2, 0.25) is 0 Å². The van der Waals surface area contributed by atoms with Crippen molar-refractivity contribution in [2.45, 2.75) is 25.8 Å². The largest absolute Gasteiger partial charge is 0.493 e. The number of methoxy groups -OCH3 is 2. The zero-order valence-corrected chi connectivity index (χ0v) is 16.3. The monoisotopic (exact) mass is 368 g/mol. The smallest absolute Gasteiger partial charge is 0.238 e. The van der Waals surface area contributed by atoms with Gasteiger partial charge >= 0.3 is 0 Å². The summed E-state index contributed by atoms with van der Waals surface area (Å²) >= 11 is 0. The number of ether oxygens (including phenoxy) is 2. The van der Waals surface area contributed by atoms with Crippen molar-refractivity contribution in [3.05, 3.63) is 54.1 Å². The van der Waals surface area contributed by atoms with Crippen LogP contribution >= 0.6 is 0 Å². The molecule has 1 fully saturated rings. The molecule has 3 rings (SSSR count). The van der Waals surface area contributed by atoms with Crippen LogP contribution in [0.5, 0.6) is 11.5 Å². The van der Waals surface area contributed by atoms with E-state index >= 15 is 0 Å². The summed E-state index contributed by atoms with van der Waals surface area (Å²) in [5, 5.41) is 2.98. The molecule has 0 radical (unpaired) electrons. The fraction of sp³-hybridized carbons (Fsp3) is 0.409. The van der Waals surface area contributed by atoms with Gasteiger partial charge in [-0.15, -0.1) is 0 Å². The number of hydrogen-bond acceptors (Lipinski definition) is 4. The maximum atomic E-state index is 12.7. The second kappa shape index (κ2) is 8.91.